The molecule has 0 aromatic heterocycles. The van der Waals surface area contributed by atoms with Crippen molar-refractivity contribution in [1.29, 1.82) is 0 Å². The molecule has 0 heterocycles. The normalized spacial score (nSPS) is 15.2. The molecule has 0 amide bonds. The van der Waals surface area contributed by atoms with Crippen LogP contribution in [0.15, 0.2) is 54.6 Å². The summed E-state index contributed by atoms with van der Waals surface area (Å²) >= 11 is 0. The van der Waals surface area contributed by atoms with Crippen LogP contribution < -0.4 is 10.1 Å². The van der Waals surface area contributed by atoms with Crippen molar-refractivity contribution in [2.45, 2.75) is 18.3 Å². The number of aliphatic hydroxyl groups excluding tert-OH is 1. The fourth-order valence-electron chi connectivity index (χ4n) is 3.61. The number of benzene rings is 3. The highest BCUT2D eigenvalue weighted by molar-refractivity contribution is 5.95. The van der Waals surface area contributed by atoms with Gasteiger partial charge in [-0.15, -0.1) is 0 Å². The number of methoxy groups -OCH3 is 1. The Hall–Kier alpha value is -2.52. The molecule has 0 aliphatic heterocycles. The van der Waals surface area contributed by atoms with E-state index in [0.717, 1.165) is 35.4 Å². The average Bonchev–Trinajstić information content (AvgIpc) is 3.47. The van der Waals surface area contributed by atoms with Crippen molar-refractivity contribution in [2.75, 3.05) is 26.1 Å². The third-order valence-corrected chi connectivity index (χ3v) is 5.41. The summed E-state index contributed by atoms with van der Waals surface area (Å²) in [7, 11) is 3.65. The zero-order valence-electron chi connectivity index (χ0n) is 14.7. The minimum atomic E-state index is -0.0579. The smallest absolute Gasteiger partial charge is 0.126 e. The summed E-state index contributed by atoms with van der Waals surface area (Å²) in [5, 5.41) is 15.5. The molecule has 0 unspecified atom stereocenters. The molecule has 128 valence electrons. The van der Waals surface area contributed by atoms with Crippen LogP contribution in [0.3, 0.4) is 0 Å². The van der Waals surface area contributed by atoms with Gasteiger partial charge in [-0.05, 0) is 53.4 Å². The van der Waals surface area contributed by atoms with E-state index in [4.69, 9.17) is 4.74 Å². The maximum absolute atomic E-state index is 9.80. The van der Waals surface area contributed by atoms with Crippen LogP contribution in [0.1, 0.15) is 18.4 Å². The van der Waals surface area contributed by atoms with Crippen molar-refractivity contribution in [3.8, 4) is 16.9 Å². The summed E-state index contributed by atoms with van der Waals surface area (Å²) in [6, 6.07) is 19.1. The highest BCUT2D eigenvalue weighted by Crippen LogP contribution is 2.50. The molecular formula is C22H23NO2. The molecule has 1 aliphatic rings. The highest BCUT2D eigenvalue weighted by atomic mass is 16.5. The Morgan fingerprint density at radius 3 is 2.32 bits per heavy atom. The SMILES string of the molecule is CNc1cc2ccccc2cc1-c1cc(C2(CO)CC2)ccc1OC. The summed E-state index contributed by atoms with van der Waals surface area (Å²) < 4.78 is 5.64. The first-order chi connectivity index (χ1) is 12.2. The second kappa shape index (κ2) is 6.08. The molecule has 2 N–H and O–H groups in total. The number of hydrogen-bond acceptors (Lipinski definition) is 3. The zero-order chi connectivity index (χ0) is 17.4. The Morgan fingerprint density at radius 2 is 1.72 bits per heavy atom. The van der Waals surface area contributed by atoms with E-state index in [1.165, 1.54) is 16.3 Å². The maximum atomic E-state index is 9.80. The monoisotopic (exact) mass is 333 g/mol. The van der Waals surface area contributed by atoms with Crippen molar-refractivity contribution in [2.24, 2.45) is 0 Å². The van der Waals surface area contributed by atoms with Gasteiger partial charge in [0.25, 0.3) is 0 Å². The average molecular weight is 333 g/mol. The Bertz CT molecular complexity index is 928. The molecule has 3 aromatic rings. The van der Waals surface area contributed by atoms with E-state index in [-0.39, 0.29) is 12.0 Å². The number of ether oxygens (including phenoxy) is 1. The summed E-state index contributed by atoms with van der Waals surface area (Å²) in [6.07, 6.45) is 2.09. The van der Waals surface area contributed by atoms with Gasteiger partial charge < -0.3 is 15.2 Å². The second-order valence-corrected chi connectivity index (χ2v) is 6.85. The molecule has 0 saturated heterocycles. The van der Waals surface area contributed by atoms with E-state index >= 15 is 0 Å². The summed E-state index contributed by atoms with van der Waals surface area (Å²) in [6.45, 7) is 0.204. The van der Waals surface area contributed by atoms with Gasteiger partial charge in [-0.3, -0.25) is 0 Å². The van der Waals surface area contributed by atoms with Gasteiger partial charge in [-0.2, -0.15) is 0 Å². The largest absolute Gasteiger partial charge is 0.496 e. The zero-order valence-corrected chi connectivity index (χ0v) is 14.7. The first-order valence-corrected chi connectivity index (χ1v) is 8.71. The Labute approximate surface area is 148 Å². The van der Waals surface area contributed by atoms with Crippen molar-refractivity contribution in [1.82, 2.24) is 0 Å². The number of aliphatic hydroxyl groups is 1. The third kappa shape index (κ3) is 2.65. The molecule has 25 heavy (non-hydrogen) atoms. The lowest BCUT2D eigenvalue weighted by Gasteiger charge is -2.18. The van der Waals surface area contributed by atoms with E-state index < -0.39 is 0 Å². The number of anilines is 1. The molecular weight excluding hydrogens is 310 g/mol. The van der Waals surface area contributed by atoms with Crippen molar-refractivity contribution >= 4 is 16.5 Å². The molecule has 3 aromatic carbocycles. The van der Waals surface area contributed by atoms with Gasteiger partial charge in [0.1, 0.15) is 5.75 Å². The lowest BCUT2D eigenvalue weighted by atomic mass is 9.91. The minimum absolute atomic E-state index is 0.0579. The van der Waals surface area contributed by atoms with Gasteiger partial charge >= 0.3 is 0 Å². The van der Waals surface area contributed by atoms with Gasteiger partial charge in [0.05, 0.1) is 13.7 Å². The van der Waals surface area contributed by atoms with E-state index in [1.54, 1.807) is 7.11 Å². The fourth-order valence-corrected chi connectivity index (χ4v) is 3.61. The Balaban J connectivity index is 1.93. The molecule has 0 bridgehead atoms. The van der Waals surface area contributed by atoms with Gasteiger partial charge in [0.2, 0.25) is 0 Å². The predicted molar refractivity (Wildman–Crippen MR) is 103 cm³/mol. The molecule has 0 radical (unpaired) electrons. The van der Waals surface area contributed by atoms with Crippen LogP contribution in [0.2, 0.25) is 0 Å². The number of hydrogen-bond donors (Lipinski definition) is 2. The highest BCUT2D eigenvalue weighted by Gasteiger charge is 2.43. The van der Waals surface area contributed by atoms with E-state index in [1.807, 2.05) is 13.1 Å². The van der Waals surface area contributed by atoms with Crippen molar-refractivity contribution < 1.29 is 9.84 Å². The van der Waals surface area contributed by atoms with Gasteiger partial charge in [-0.25, -0.2) is 0 Å². The summed E-state index contributed by atoms with van der Waals surface area (Å²) in [4.78, 5) is 0. The van der Waals surface area contributed by atoms with Gasteiger partial charge in [0, 0.05) is 29.3 Å². The number of fused-ring (bicyclic) bond motifs is 1. The van der Waals surface area contributed by atoms with Crippen LogP contribution in [-0.4, -0.2) is 25.9 Å². The fraction of sp³-hybridized carbons (Fsp3) is 0.273. The molecule has 0 spiro atoms. The molecule has 3 nitrogen and oxygen atoms in total. The van der Waals surface area contributed by atoms with Crippen LogP contribution in [0.5, 0.6) is 5.75 Å². The second-order valence-electron chi connectivity index (χ2n) is 6.85. The summed E-state index contributed by atoms with van der Waals surface area (Å²) in [5.41, 5.74) is 4.39. The van der Waals surface area contributed by atoms with Crippen LogP contribution in [0, 0.1) is 0 Å². The third-order valence-electron chi connectivity index (χ3n) is 5.41. The molecule has 1 fully saturated rings. The molecule has 4 rings (SSSR count). The Morgan fingerprint density at radius 1 is 1.00 bits per heavy atom. The first-order valence-electron chi connectivity index (χ1n) is 8.71. The Kier molecular flexibility index (Phi) is 3.89. The molecule has 0 atom stereocenters. The van der Waals surface area contributed by atoms with Crippen LogP contribution >= 0.6 is 0 Å². The first kappa shape index (κ1) is 16.0. The van der Waals surface area contributed by atoms with Crippen LogP contribution in [-0.2, 0) is 5.41 Å². The maximum Gasteiger partial charge on any atom is 0.126 e. The molecule has 3 heteroatoms. The lowest BCUT2D eigenvalue weighted by molar-refractivity contribution is 0.255. The standard InChI is InChI=1S/C22H23NO2/c1-23-20-12-16-6-4-3-5-15(16)11-18(20)19-13-17(7-8-21(19)25-2)22(14-24)9-10-22/h3-8,11-13,23-24H,9-10,14H2,1-2H3. The van der Waals surface area contributed by atoms with Crippen LogP contribution in [0.4, 0.5) is 5.69 Å². The van der Waals surface area contributed by atoms with E-state index in [9.17, 15) is 5.11 Å². The number of nitrogens with one attached hydrogen (secondary N) is 1. The number of rotatable bonds is 5. The van der Waals surface area contributed by atoms with E-state index in [2.05, 4.69) is 53.8 Å². The van der Waals surface area contributed by atoms with Crippen molar-refractivity contribution in [3.05, 3.63) is 60.2 Å². The quantitative estimate of drug-likeness (QED) is 0.718. The molecule has 1 saturated carbocycles. The topological polar surface area (TPSA) is 41.5 Å². The summed E-state index contributed by atoms with van der Waals surface area (Å²) in [5.74, 6) is 0.851. The van der Waals surface area contributed by atoms with Crippen LogP contribution in [0.25, 0.3) is 21.9 Å². The van der Waals surface area contributed by atoms with E-state index in [0.29, 0.717) is 0 Å². The van der Waals surface area contributed by atoms with Gasteiger partial charge in [-0.1, -0.05) is 30.3 Å². The molecule has 1 aliphatic carbocycles. The lowest BCUT2D eigenvalue weighted by Crippen LogP contribution is -2.12. The van der Waals surface area contributed by atoms with Crippen molar-refractivity contribution in [3.63, 3.8) is 0 Å². The predicted octanol–water partition coefficient (Wildman–Crippen LogP) is 4.58. The van der Waals surface area contributed by atoms with Gasteiger partial charge in [0.15, 0.2) is 0 Å². The minimum Gasteiger partial charge on any atom is -0.496 e.